The van der Waals surface area contributed by atoms with E-state index in [0.717, 1.165) is 12.8 Å². The van der Waals surface area contributed by atoms with Crippen molar-refractivity contribution in [3.8, 4) is 0 Å². The van der Waals surface area contributed by atoms with Crippen molar-refractivity contribution in [1.82, 2.24) is 9.80 Å². The minimum absolute atomic E-state index is 0.368. The van der Waals surface area contributed by atoms with Crippen molar-refractivity contribution in [1.29, 1.82) is 0 Å². The number of allylic oxidation sites excluding steroid dienone is 1. The zero-order valence-electron chi connectivity index (χ0n) is 12.3. The Balaban J connectivity index is 2.14. The van der Waals surface area contributed by atoms with Crippen molar-refractivity contribution in [3.05, 3.63) is 12.7 Å². The van der Waals surface area contributed by atoms with Crippen LogP contribution in [0, 0.1) is 0 Å². The van der Waals surface area contributed by atoms with Crippen LogP contribution in [-0.4, -0.2) is 55.6 Å². The van der Waals surface area contributed by atoms with Gasteiger partial charge >= 0.3 is 0 Å². The molecule has 0 saturated carbocycles. The number of hydrogen-bond donors (Lipinski definition) is 1. The van der Waals surface area contributed by atoms with E-state index >= 15 is 0 Å². The average Bonchev–Trinajstić information content (AvgIpc) is 2.33. The lowest BCUT2D eigenvalue weighted by Gasteiger charge is -2.38. The van der Waals surface area contributed by atoms with Crippen molar-refractivity contribution in [2.75, 3.05) is 33.7 Å². The van der Waals surface area contributed by atoms with E-state index in [-0.39, 0.29) is 0 Å². The SMILES string of the molecule is C=CCCCCCC(N)CC1CN(C)CCN1C. The van der Waals surface area contributed by atoms with Crippen LogP contribution in [0.25, 0.3) is 0 Å². The number of hydrogen-bond acceptors (Lipinski definition) is 3. The van der Waals surface area contributed by atoms with Gasteiger partial charge < -0.3 is 15.5 Å². The lowest BCUT2D eigenvalue weighted by Crippen LogP contribution is -2.51. The van der Waals surface area contributed by atoms with Gasteiger partial charge in [0.15, 0.2) is 0 Å². The Kier molecular flexibility index (Phi) is 7.56. The van der Waals surface area contributed by atoms with E-state index in [9.17, 15) is 0 Å². The van der Waals surface area contributed by atoms with Gasteiger partial charge in [-0.2, -0.15) is 0 Å². The van der Waals surface area contributed by atoms with Gasteiger partial charge in [0, 0.05) is 31.7 Å². The second-order valence-electron chi connectivity index (χ2n) is 5.82. The van der Waals surface area contributed by atoms with Gasteiger partial charge in [0.05, 0.1) is 0 Å². The summed E-state index contributed by atoms with van der Waals surface area (Å²) in [6, 6.07) is 1.01. The van der Waals surface area contributed by atoms with Crippen molar-refractivity contribution in [3.63, 3.8) is 0 Å². The molecule has 1 rings (SSSR count). The molecule has 0 aliphatic carbocycles. The number of likely N-dealkylation sites (N-methyl/N-ethyl adjacent to an activating group) is 2. The van der Waals surface area contributed by atoms with E-state index in [2.05, 4.69) is 30.5 Å². The predicted octanol–water partition coefficient (Wildman–Crippen LogP) is 2.09. The van der Waals surface area contributed by atoms with Crippen molar-refractivity contribution in [2.45, 2.75) is 50.6 Å². The van der Waals surface area contributed by atoms with Crippen LogP contribution in [0.3, 0.4) is 0 Å². The summed E-state index contributed by atoms with van der Waals surface area (Å²) in [5, 5.41) is 0. The molecule has 0 radical (unpaired) electrons. The standard InChI is InChI=1S/C15H31N3/c1-4-5-6-7-8-9-14(16)12-15-13-17(2)10-11-18(15)3/h4,14-15H,1,5-13,16H2,2-3H3. The molecule has 106 valence electrons. The van der Waals surface area contributed by atoms with Gasteiger partial charge in [-0.25, -0.2) is 0 Å². The molecule has 0 aromatic carbocycles. The number of piperazine rings is 1. The summed E-state index contributed by atoms with van der Waals surface area (Å²) >= 11 is 0. The fourth-order valence-corrected chi connectivity index (χ4v) is 2.70. The first-order valence-corrected chi connectivity index (χ1v) is 7.38. The summed E-state index contributed by atoms with van der Waals surface area (Å²) in [5.41, 5.74) is 6.26. The molecular weight excluding hydrogens is 222 g/mol. The van der Waals surface area contributed by atoms with Crippen LogP contribution >= 0.6 is 0 Å². The van der Waals surface area contributed by atoms with Crippen LogP contribution in [0.2, 0.25) is 0 Å². The highest BCUT2D eigenvalue weighted by Crippen LogP contribution is 2.14. The molecule has 0 amide bonds. The Bertz CT molecular complexity index is 230. The molecule has 2 N–H and O–H groups in total. The molecule has 0 bridgehead atoms. The zero-order valence-corrected chi connectivity index (χ0v) is 12.3. The maximum atomic E-state index is 6.26. The van der Waals surface area contributed by atoms with Crippen LogP contribution in [0.5, 0.6) is 0 Å². The first-order valence-electron chi connectivity index (χ1n) is 7.38. The van der Waals surface area contributed by atoms with Gasteiger partial charge in [-0.1, -0.05) is 18.9 Å². The fraction of sp³-hybridized carbons (Fsp3) is 0.867. The number of unbranched alkanes of at least 4 members (excludes halogenated alkanes) is 3. The maximum Gasteiger partial charge on any atom is 0.0235 e. The van der Waals surface area contributed by atoms with Gasteiger partial charge in [0.2, 0.25) is 0 Å². The Morgan fingerprint density at radius 1 is 1.28 bits per heavy atom. The summed E-state index contributed by atoms with van der Waals surface area (Å²) < 4.78 is 0. The highest BCUT2D eigenvalue weighted by atomic mass is 15.3. The summed E-state index contributed by atoms with van der Waals surface area (Å²) in [4.78, 5) is 4.89. The summed E-state index contributed by atoms with van der Waals surface area (Å²) in [5.74, 6) is 0. The fourth-order valence-electron chi connectivity index (χ4n) is 2.70. The highest BCUT2D eigenvalue weighted by Gasteiger charge is 2.23. The van der Waals surface area contributed by atoms with E-state index < -0.39 is 0 Å². The van der Waals surface area contributed by atoms with Crippen molar-refractivity contribution in [2.24, 2.45) is 5.73 Å². The molecule has 0 spiro atoms. The smallest absolute Gasteiger partial charge is 0.0235 e. The minimum atomic E-state index is 0.368. The molecule has 2 unspecified atom stereocenters. The van der Waals surface area contributed by atoms with E-state index in [0.29, 0.717) is 12.1 Å². The molecule has 2 atom stereocenters. The Morgan fingerprint density at radius 2 is 2.06 bits per heavy atom. The Hall–Kier alpha value is -0.380. The normalized spacial score (nSPS) is 24.1. The second-order valence-corrected chi connectivity index (χ2v) is 5.82. The van der Waals surface area contributed by atoms with Crippen molar-refractivity contribution < 1.29 is 0 Å². The third-order valence-corrected chi connectivity index (χ3v) is 4.04. The molecule has 3 nitrogen and oxygen atoms in total. The van der Waals surface area contributed by atoms with Crippen LogP contribution in [0.1, 0.15) is 38.5 Å². The molecular formula is C15H31N3. The number of nitrogens with zero attached hydrogens (tertiary/aromatic N) is 2. The largest absolute Gasteiger partial charge is 0.328 e. The average molecular weight is 253 g/mol. The molecule has 0 aromatic rings. The monoisotopic (exact) mass is 253 g/mol. The molecule has 1 aliphatic heterocycles. The lowest BCUT2D eigenvalue weighted by molar-refractivity contribution is 0.103. The first kappa shape index (κ1) is 15.7. The summed E-state index contributed by atoms with van der Waals surface area (Å²) in [6.45, 7) is 7.28. The van der Waals surface area contributed by atoms with Crippen molar-refractivity contribution >= 4 is 0 Å². The summed E-state index contributed by atoms with van der Waals surface area (Å²) in [6.07, 6.45) is 9.29. The molecule has 18 heavy (non-hydrogen) atoms. The third-order valence-electron chi connectivity index (χ3n) is 4.04. The van der Waals surface area contributed by atoms with E-state index in [1.807, 2.05) is 6.08 Å². The first-order chi connectivity index (χ1) is 8.63. The topological polar surface area (TPSA) is 32.5 Å². The van der Waals surface area contributed by atoms with E-state index in [4.69, 9.17) is 5.73 Å². The van der Waals surface area contributed by atoms with Gasteiger partial charge in [-0.05, 0) is 39.8 Å². The molecule has 1 saturated heterocycles. The molecule has 1 aliphatic rings. The lowest BCUT2D eigenvalue weighted by atomic mass is 9.99. The molecule has 1 fully saturated rings. The van der Waals surface area contributed by atoms with Crippen LogP contribution in [0.15, 0.2) is 12.7 Å². The highest BCUT2D eigenvalue weighted by molar-refractivity contribution is 4.82. The third kappa shape index (κ3) is 5.98. The van der Waals surface area contributed by atoms with Crippen LogP contribution in [-0.2, 0) is 0 Å². The van der Waals surface area contributed by atoms with Gasteiger partial charge in [0.1, 0.15) is 0 Å². The number of nitrogens with two attached hydrogens (primary N) is 1. The molecule has 3 heteroatoms. The number of rotatable bonds is 8. The van der Waals surface area contributed by atoms with Gasteiger partial charge in [0.25, 0.3) is 0 Å². The Morgan fingerprint density at radius 3 is 2.78 bits per heavy atom. The van der Waals surface area contributed by atoms with Gasteiger partial charge in [-0.3, -0.25) is 0 Å². The van der Waals surface area contributed by atoms with Gasteiger partial charge in [-0.15, -0.1) is 6.58 Å². The minimum Gasteiger partial charge on any atom is -0.328 e. The Labute approximate surface area is 113 Å². The second kappa shape index (κ2) is 8.68. The van der Waals surface area contributed by atoms with E-state index in [1.165, 1.54) is 45.3 Å². The predicted molar refractivity (Wildman–Crippen MR) is 79.8 cm³/mol. The quantitative estimate of drug-likeness (QED) is 0.531. The van der Waals surface area contributed by atoms with E-state index in [1.54, 1.807) is 0 Å². The molecule has 0 aromatic heterocycles. The van der Waals surface area contributed by atoms with Crippen LogP contribution in [0.4, 0.5) is 0 Å². The zero-order chi connectivity index (χ0) is 13.4. The van der Waals surface area contributed by atoms with Crippen LogP contribution < -0.4 is 5.73 Å². The molecule has 1 heterocycles. The maximum absolute atomic E-state index is 6.26. The summed E-state index contributed by atoms with van der Waals surface area (Å²) in [7, 11) is 4.44.